The van der Waals surface area contributed by atoms with Crippen molar-refractivity contribution in [3.05, 3.63) is 64.8 Å². The molecular weight excluding hydrogens is 362 g/mol. The van der Waals surface area contributed by atoms with Crippen molar-refractivity contribution in [1.82, 2.24) is 4.98 Å². The van der Waals surface area contributed by atoms with Crippen LogP contribution in [0.4, 0.5) is 5.88 Å². The van der Waals surface area contributed by atoms with Crippen molar-refractivity contribution in [2.75, 3.05) is 18.0 Å². The fourth-order valence-electron chi connectivity index (χ4n) is 3.11. The van der Waals surface area contributed by atoms with E-state index in [1.54, 1.807) is 0 Å². The van der Waals surface area contributed by atoms with Crippen LogP contribution in [0.2, 0.25) is 5.02 Å². The number of ether oxygens (including phenoxy) is 1. The summed E-state index contributed by atoms with van der Waals surface area (Å²) in [5, 5.41) is 10.0. The van der Waals surface area contributed by atoms with Gasteiger partial charge in [-0.2, -0.15) is 10.2 Å². The van der Waals surface area contributed by atoms with Crippen molar-refractivity contribution in [3.63, 3.8) is 0 Å². The average molecular weight is 380 g/mol. The lowest BCUT2D eigenvalue weighted by atomic mass is 10.2. The van der Waals surface area contributed by atoms with Crippen molar-refractivity contribution < 1.29 is 9.15 Å². The van der Waals surface area contributed by atoms with Gasteiger partial charge in [0.25, 0.3) is 0 Å². The van der Waals surface area contributed by atoms with E-state index in [-0.39, 0.29) is 0 Å². The van der Waals surface area contributed by atoms with Crippen molar-refractivity contribution >= 4 is 17.5 Å². The van der Waals surface area contributed by atoms with Gasteiger partial charge in [-0.3, -0.25) is 0 Å². The first kappa shape index (κ1) is 17.4. The molecule has 0 amide bonds. The number of benzene rings is 2. The van der Waals surface area contributed by atoms with Crippen molar-refractivity contribution in [2.45, 2.75) is 19.4 Å². The van der Waals surface area contributed by atoms with E-state index >= 15 is 0 Å². The Morgan fingerprint density at radius 2 is 1.85 bits per heavy atom. The minimum Gasteiger partial charge on any atom is -0.489 e. The number of hydrogen-bond acceptors (Lipinski definition) is 5. The first-order valence-corrected chi connectivity index (χ1v) is 9.25. The lowest BCUT2D eigenvalue weighted by molar-refractivity contribution is 0.306. The number of oxazole rings is 1. The molecule has 4 rings (SSSR count). The second-order valence-corrected chi connectivity index (χ2v) is 6.79. The predicted octanol–water partition coefficient (Wildman–Crippen LogP) is 5.05. The normalized spacial score (nSPS) is 13.6. The summed E-state index contributed by atoms with van der Waals surface area (Å²) in [5.74, 6) is 1.75. The third-order valence-corrected chi connectivity index (χ3v) is 4.93. The summed E-state index contributed by atoms with van der Waals surface area (Å²) in [7, 11) is 0. The molecule has 2 aromatic carbocycles. The van der Waals surface area contributed by atoms with Gasteiger partial charge in [-0.05, 0) is 43.2 Å². The summed E-state index contributed by atoms with van der Waals surface area (Å²) in [6.45, 7) is 2.20. The summed E-state index contributed by atoms with van der Waals surface area (Å²) < 4.78 is 11.7. The quantitative estimate of drug-likeness (QED) is 0.621. The molecule has 2 heterocycles. The fraction of sp³-hybridized carbons (Fsp3) is 0.238. The van der Waals surface area contributed by atoms with E-state index in [1.807, 2.05) is 48.5 Å². The molecule has 6 heteroatoms. The summed E-state index contributed by atoms with van der Waals surface area (Å²) in [4.78, 5) is 6.43. The Morgan fingerprint density at radius 3 is 2.56 bits per heavy atom. The molecule has 0 unspecified atom stereocenters. The Morgan fingerprint density at radius 1 is 1.11 bits per heavy atom. The van der Waals surface area contributed by atoms with Gasteiger partial charge in [-0.25, -0.2) is 0 Å². The molecule has 1 fully saturated rings. The minimum atomic E-state index is 0.339. The smallest absolute Gasteiger partial charge is 0.235 e. The monoisotopic (exact) mass is 379 g/mol. The van der Waals surface area contributed by atoms with Crippen LogP contribution in [0.25, 0.3) is 11.5 Å². The zero-order valence-electron chi connectivity index (χ0n) is 14.7. The third-order valence-electron chi connectivity index (χ3n) is 4.56. The third kappa shape index (κ3) is 3.76. The molecule has 0 saturated carbocycles. The van der Waals surface area contributed by atoms with Gasteiger partial charge in [0.05, 0.1) is 0 Å². The van der Waals surface area contributed by atoms with Gasteiger partial charge in [0.1, 0.15) is 18.4 Å². The maximum atomic E-state index is 9.35. The topological polar surface area (TPSA) is 62.3 Å². The van der Waals surface area contributed by atoms with Crippen molar-refractivity contribution in [1.29, 1.82) is 5.26 Å². The number of aromatic nitrogens is 1. The van der Waals surface area contributed by atoms with E-state index in [1.165, 1.54) is 0 Å². The summed E-state index contributed by atoms with van der Waals surface area (Å²) in [6, 6.07) is 17.2. The SMILES string of the molecule is N#Cc1nc(-c2ccc(OCc3ccccc3Cl)cc2)oc1N1CCCC1. The van der Waals surface area contributed by atoms with Crippen molar-refractivity contribution in [2.24, 2.45) is 0 Å². The zero-order chi connectivity index (χ0) is 18.6. The van der Waals surface area contributed by atoms with E-state index < -0.39 is 0 Å². The number of nitriles is 1. The van der Waals surface area contributed by atoms with Gasteiger partial charge >= 0.3 is 0 Å². The highest BCUT2D eigenvalue weighted by molar-refractivity contribution is 6.31. The molecule has 136 valence electrons. The van der Waals surface area contributed by atoms with E-state index in [4.69, 9.17) is 20.8 Å². The van der Waals surface area contributed by atoms with Crippen LogP contribution in [0.15, 0.2) is 52.9 Å². The molecule has 3 aromatic rings. The maximum Gasteiger partial charge on any atom is 0.235 e. The van der Waals surface area contributed by atoms with Gasteiger partial charge in [0, 0.05) is 29.2 Å². The Bertz CT molecular complexity index is 970. The molecule has 0 spiro atoms. The fourth-order valence-corrected chi connectivity index (χ4v) is 3.30. The number of anilines is 1. The number of rotatable bonds is 5. The predicted molar refractivity (Wildman–Crippen MR) is 104 cm³/mol. The second-order valence-electron chi connectivity index (χ2n) is 6.38. The molecule has 1 aliphatic heterocycles. The number of hydrogen-bond donors (Lipinski definition) is 0. The van der Waals surface area contributed by atoms with E-state index in [9.17, 15) is 5.26 Å². The number of halogens is 1. The van der Waals surface area contributed by atoms with Crippen LogP contribution in [-0.4, -0.2) is 18.1 Å². The minimum absolute atomic E-state index is 0.339. The Labute approximate surface area is 162 Å². The van der Waals surface area contributed by atoms with E-state index in [0.717, 1.165) is 42.8 Å². The van der Waals surface area contributed by atoms with Gasteiger partial charge < -0.3 is 14.1 Å². The average Bonchev–Trinajstić information content (AvgIpc) is 3.37. The standard InChI is InChI=1S/C21H18ClN3O2/c22-18-6-2-1-5-16(18)14-26-17-9-7-15(8-10-17)20-24-19(13-23)21(27-20)25-11-3-4-12-25/h1-2,5-10H,3-4,11-12,14H2. The Hall–Kier alpha value is -2.97. The molecule has 27 heavy (non-hydrogen) atoms. The van der Waals surface area contributed by atoms with Crippen LogP contribution < -0.4 is 9.64 Å². The number of nitrogens with zero attached hydrogens (tertiary/aromatic N) is 3. The van der Waals surface area contributed by atoms with Gasteiger partial charge in [0.15, 0.2) is 0 Å². The largest absolute Gasteiger partial charge is 0.489 e. The highest BCUT2D eigenvalue weighted by Gasteiger charge is 2.22. The first-order valence-electron chi connectivity index (χ1n) is 8.87. The summed E-state index contributed by atoms with van der Waals surface area (Å²) in [5.41, 5.74) is 2.08. The van der Waals surface area contributed by atoms with Crippen molar-refractivity contribution in [3.8, 4) is 23.3 Å². The molecule has 1 aliphatic rings. The lowest BCUT2D eigenvalue weighted by Crippen LogP contribution is -2.17. The first-order chi connectivity index (χ1) is 13.2. The van der Waals surface area contributed by atoms with Gasteiger partial charge in [0.2, 0.25) is 17.5 Å². The maximum absolute atomic E-state index is 9.35. The van der Waals surface area contributed by atoms with Crippen LogP contribution in [-0.2, 0) is 6.61 Å². The van der Waals surface area contributed by atoms with E-state index in [2.05, 4.69) is 16.0 Å². The zero-order valence-corrected chi connectivity index (χ0v) is 15.4. The van der Waals surface area contributed by atoms with Crippen LogP contribution in [0.3, 0.4) is 0 Å². The summed E-state index contributed by atoms with van der Waals surface area (Å²) in [6.07, 6.45) is 2.22. The van der Waals surface area contributed by atoms with Crippen LogP contribution in [0, 0.1) is 11.3 Å². The molecular formula is C21H18ClN3O2. The van der Waals surface area contributed by atoms with Gasteiger partial charge in [-0.1, -0.05) is 29.8 Å². The molecule has 0 bridgehead atoms. The van der Waals surface area contributed by atoms with E-state index in [0.29, 0.717) is 29.1 Å². The Balaban J connectivity index is 1.49. The van der Waals surface area contributed by atoms with Gasteiger partial charge in [-0.15, -0.1) is 0 Å². The Kier molecular flexibility index (Phi) is 4.99. The molecule has 1 saturated heterocycles. The second kappa shape index (κ2) is 7.73. The molecule has 1 aromatic heterocycles. The van der Waals surface area contributed by atoms with Crippen LogP contribution >= 0.6 is 11.6 Å². The highest BCUT2D eigenvalue weighted by Crippen LogP contribution is 2.31. The molecule has 0 radical (unpaired) electrons. The lowest BCUT2D eigenvalue weighted by Gasteiger charge is -2.12. The van der Waals surface area contributed by atoms with Crippen LogP contribution in [0.1, 0.15) is 24.1 Å². The molecule has 0 N–H and O–H groups in total. The molecule has 0 atom stereocenters. The summed E-state index contributed by atoms with van der Waals surface area (Å²) >= 11 is 6.15. The molecule has 0 aliphatic carbocycles. The highest BCUT2D eigenvalue weighted by atomic mass is 35.5. The van der Waals surface area contributed by atoms with Crippen LogP contribution in [0.5, 0.6) is 5.75 Å². The molecule has 5 nitrogen and oxygen atoms in total.